The van der Waals surface area contributed by atoms with Crippen molar-refractivity contribution in [3.8, 4) is 5.75 Å². The number of halogens is 2. The van der Waals surface area contributed by atoms with Crippen LogP contribution in [0.15, 0.2) is 18.2 Å². The van der Waals surface area contributed by atoms with Crippen LogP contribution >= 0.6 is 27.5 Å². The van der Waals surface area contributed by atoms with E-state index in [9.17, 15) is 4.79 Å². The smallest absolute Gasteiger partial charge is 0.147 e. The first-order valence-corrected chi connectivity index (χ1v) is 6.75. The van der Waals surface area contributed by atoms with Gasteiger partial charge in [0.1, 0.15) is 11.5 Å². The third kappa shape index (κ3) is 3.80. The summed E-state index contributed by atoms with van der Waals surface area (Å²) in [6.07, 6.45) is 0.432. The number of alkyl halides is 2. The Morgan fingerprint density at radius 1 is 1.50 bits per heavy atom. The minimum Gasteiger partial charge on any atom is -0.494 e. The van der Waals surface area contributed by atoms with E-state index < -0.39 is 0 Å². The molecule has 0 heterocycles. The van der Waals surface area contributed by atoms with E-state index in [4.69, 9.17) is 16.3 Å². The van der Waals surface area contributed by atoms with Gasteiger partial charge in [0, 0.05) is 12.0 Å². The summed E-state index contributed by atoms with van der Waals surface area (Å²) in [5, 5.41) is 0.385. The van der Waals surface area contributed by atoms with Crippen molar-refractivity contribution in [1.29, 1.82) is 0 Å². The lowest BCUT2D eigenvalue weighted by atomic mass is 10.1. The number of hydrogen-bond acceptors (Lipinski definition) is 2. The van der Waals surface area contributed by atoms with Crippen LogP contribution in [0.4, 0.5) is 0 Å². The summed E-state index contributed by atoms with van der Waals surface area (Å²) in [6.45, 7) is 2.55. The van der Waals surface area contributed by atoms with Crippen LogP contribution in [0.25, 0.3) is 0 Å². The monoisotopic (exact) mass is 304 g/mol. The second-order valence-electron chi connectivity index (χ2n) is 3.36. The molecule has 0 aliphatic rings. The van der Waals surface area contributed by atoms with Crippen molar-refractivity contribution < 1.29 is 9.53 Å². The predicted octanol–water partition coefficient (Wildman–Crippen LogP) is 3.33. The molecule has 0 saturated carbocycles. The number of ketones is 1. The van der Waals surface area contributed by atoms with Crippen LogP contribution in [0.5, 0.6) is 5.75 Å². The molecular weight excluding hydrogens is 291 g/mol. The molecule has 0 aliphatic heterocycles. The Morgan fingerprint density at radius 2 is 2.25 bits per heavy atom. The standard InChI is InChI=1S/C12H14BrClO2/c1-2-16-12-4-3-9(5-10(12)8-14)6-11(15)7-13/h3-5H,2,6-8H2,1H3. The van der Waals surface area contributed by atoms with Crippen molar-refractivity contribution >= 4 is 33.3 Å². The molecule has 0 spiro atoms. The van der Waals surface area contributed by atoms with Crippen molar-refractivity contribution in [3.05, 3.63) is 29.3 Å². The average molecular weight is 306 g/mol. The largest absolute Gasteiger partial charge is 0.494 e. The Labute approximate surface area is 109 Å². The van der Waals surface area contributed by atoms with Crippen LogP contribution < -0.4 is 4.74 Å². The maximum atomic E-state index is 11.3. The van der Waals surface area contributed by atoms with Gasteiger partial charge in [0.25, 0.3) is 0 Å². The number of carbonyl (C=O) groups excluding carboxylic acids is 1. The summed E-state index contributed by atoms with van der Waals surface area (Å²) < 4.78 is 5.44. The van der Waals surface area contributed by atoms with E-state index in [1.54, 1.807) is 0 Å². The summed E-state index contributed by atoms with van der Waals surface area (Å²) in [7, 11) is 0. The number of ether oxygens (including phenoxy) is 1. The lowest BCUT2D eigenvalue weighted by molar-refractivity contribution is -0.115. The maximum Gasteiger partial charge on any atom is 0.147 e. The topological polar surface area (TPSA) is 26.3 Å². The van der Waals surface area contributed by atoms with Crippen LogP contribution in [-0.4, -0.2) is 17.7 Å². The first-order valence-electron chi connectivity index (χ1n) is 5.09. The van der Waals surface area contributed by atoms with Gasteiger partial charge in [0.05, 0.1) is 17.8 Å². The molecule has 0 saturated heterocycles. The molecule has 2 nitrogen and oxygen atoms in total. The molecular formula is C12H14BrClO2. The second kappa shape index (κ2) is 6.92. The molecule has 0 unspecified atom stereocenters. The van der Waals surface area contributed by atoms with Crippen LogP contribution in [-0.2, 0) is 17.1 Å². The number of hydrogen-bond donors (Lipinski definition) is 0. The zero-order valence-electron chi connectivity index (χ0n) is 9.13. The summed E-state index contributed by atoms with van der Waals surface area (Å²) in [6, 6.07) is 5.71. The molecule has 0 N–H and O–H groups in total. The van der Waals surface area contributed by atoms with Gasteiger partial charge in [-0.1, -0.05) is 28.1 Å². The Balaban J connectivity index is 2.86. The Hall–Kier alpha value is -0.540. The molecule has 1 aromatic rings. The molecule has 0 radical (unpaired) electrons. The summed E-state index contributed by atoms with van der Waals surface area (Å²) in [5.41, 5.74) is 1.91. The molecule has 16 heavy (non-hydrogen) atoms. The molecule has 0 fully saturated rings. The van der Waals surface area contributed by atoms with Gasteiger partial charge in [-0.25, -0.2) is 0 Å². The van der Waals surface area contributed by atoms with Gasteiger partial charge in [-0.15, -0.1) is 11.6 Å². The van der Waals surface area contributed by atoms with Crippen molar-refractivity contribution in [1.82, 2.24) is 0 Å². The summed E-state index contributed by atoms with van der Waals surface area (Å²) >= 11 is 8.98. The average Bonchev–Trinajstić information content (AvgIpc) is 2.31. The molecule has 0 aliphatic carbocycles. The molecule has 88 valence electrons. The number of rotatable bonds is 6. The molecule has 1 aromatic carbocycles. The molecule has 0 bridgehead atoms. The van der Waals surface area contributed by atoms with Gasteiger partial charge >= 0.3 is 0 Å². The highest BCUT2D eigenvalue weighted by molar-refractivity contribution is 9.09. The van der Waals surface area contributed by atoms with Gasteiger partial charge in [0.2, 0.25) is 0 Å². The van der Waals surface area contributed by atoms with Gasteiger partial charge in [-0.3, -0.25) is 4.79 Å². The van der Waals surface area contributed by atoms with Crippen LogP contribution in [0.3, 0.4) is 0 Å². The molecule has 0 atom stereocenters. The molecule has 1 rings (SSSR count). The van der Waals surface area contributed by atoms with Gasteiger partial charge < -0.3 is 4.74 Å². The Morgan fingerprint density at radius 3 is 2.81 bits per heavy atom. The van der Waals surface area contributed by atoms with E-state index in [1.165, 1.54) is 0 Å². The van der Waals surface area contributed by atoms with Crippen LogP contribution in [0.1, 0.15) is 18.1 Å². The van der Waals surface area contributed by atoms with Gasteiger partial charge in [-0.2, -0.15) is 0 Å². The molecule has 0 amide bonds. The van der Waals surface area contributed by atoms with E-state index in [-0.39, 0.29) is 5.78 Å². The Kier molecular flexibility index (Phi) is 5.85. The normalized spacial score (nSPS) is 10.2. The van der Waals surface area contributed by atoms with E-state index in [2.05, 4.69) is 15.9 Å². The second-order valence-corrected chi connectivity index (χ2v) is 4.19. The van der Waals surface area contributed by atoms with E-state index in [0.717, 1.165) is 16.9 Å². The van der Waals surface area contributed by atoms with Crippen molar-refractivity contribution in [2.75, 3.05) is 11.9 Å². The van der Waals surface area contributed by atoms with Crippen molar-refractivity contribution in [3.63, 3.8) is 0 Å². The van der Waals surface area contributed by atoms with E-state index in [1.807, 2.05) is 25.1 Å². The van der Waals surface area contributed by atoms with E-state index >= 15 is 0 Å². The highest BCUT2D eigenvalue weighted by atomic mass is 79.9. The number of benzene rings is 1. The minimum absolute atomic E-state index is 0.157. The zero-order valence-corrected chi connectivity index (χ0v) is 11.5. The predicted molar refractivity (Wildman–Crippen MR) is 69.7 cm³/mol. The van der Waals surface area contributed by atoms with Crippen LogP contribution in [0.2, 0.25) is 0 Å². The lowest BCUT2D eigenvalue weighted by Gasteiger charge is -2.09. The van der Waals surface area contributed by atoms with Gasteiger partial charge in [-0.05, 0) is 18.6 Å². The SMILES string of the molecule is CCOc1ccc(CC(=O)CBr)cc1CCl. The van der Waals surface area contributed by atoms with Crippen molar-refractivity contribution in [2.24, 2.45) is 0 Å². The first-order chi connectivity index (χ1) is 7.71. The fourth-order valence-electron chi connectivity index (χ4n) is 1.42. The molecule has 0 aromatic heterocycles. The zero-order chi connectivity index (χ0) is 12.0. The van der Waals surface area contributed by atoms with E-state index in [0.29, 0.717) is 24.2 Å². The van der Waals surface area contributed by atoms with Crippen LogP contribution in [0, 0.1) is 0 Å². The lowest BCUT2D eigenvalue weighted by Crippen LogP contribution is -2.04. The maximum absolute atomic E-state index is 11.3. The highest BCUT2D eigenvalue weighted by Gasteiger charge is 2.06. The minimum atomic E-state index is 0.157. The third-order valence-corrected chi connectivity index (χ3v) is 3.03. The summed E-state index contributed by atoms with van der Waals surface area (Å²) in [5.74, 6) is 1.35. The first kappa shape index (κ1) is 13.5. The highest BCUT2D eigenvalue weighted by Crippen LogP contribution is 2.22. The van der Waals surface area contributed by atoms with Gasteiger partial charge in [0.15, 0.2) is 0 Å². The summed E-state index contributed by atoms with van der Waals surface area (Å²) in [4.78, 5) is 11.3. The third-order valence-electron chi connectivity index (χ3n) is 2.12. The van der Waals surface area contributed by atoms with Crippen molar-refractivity contribution in [2.45, 2.75) is 19.2 Å². The number of Topliss-reactive ketones (excluding diaryl/α,β-unsaturated/α-hetero) is 1. The quantitative estimate of drug-likeness (QED) is 0.754. The molecule has 4 heteroatoms. The Bertz CT molecular complexity index is 366. The number of carbonyl (C=O) groups is 1. The fourth-order valence-corrected chi connectivity index (χ4v) is 1.83. The fraction of sp³-hybridized carbons (Fsp3) is 0.417.